The summed E-state index contributed by atoms with van der Waals surface area (Å²) in [6.07, 6.45) is 0. The number of fused-ring (bicyclic) bond motifs is 1. The van der Waals surface area contributed by atoms with Crippen LogP contribution in [0.25, 0.3) is 10.9 Å². The second-order valence-electron chi connectivity index (χ2n) is 7.69. The number of methoxy groups -OCH3 is 4. The quantitative estimate of drug-likeness (QED) is 0.242. The molecule has 0 fully saturated rings. The smallest absolute Gasteiger partial charge is 0.127 e. The van der Waals surface area contributed by atoms with Crippen LogP contribution in [-0.2, 0) is 13.1 Å². The van der Waals surface area contributed by atoms with Crippen LogP contribution in [0.15, 0.2) is 71.3 Å². The van der Waals surface area contributed by atoms with Gasteiger partial charge in [0, 0.05) is 47.4 Å². The minimum Gasteiger partial charge on any atom is -0.497 e. The van der Waals surface area contributed by atoms with Crippen molar-refractivity contribution in [3.8, 4) is 23.0 Å². The summed E-state index contributed by atoms with van der Waals surface area (Å²) in [5, 5.41) is 1.06. The molecule has 176 valence electrons. The van der Waals surface area contributed by atoms with Crippen molar-refractivity contribution in [3.05, 3.63) is 82.5 Å². The number of ether oxygens (including phenoxy) is 4. The van der Waals surface area contributed by atoms with Crippen LogP contribution in [0.5, 0.6) is 23.0 Å². The molecule has 1 heterocycles. The first-order valence-electron chi connectivity index (χ1n) is 10.8. The summed E-state index contributed by atoms with van der Waals surface area (Å²) in [5.41, 5.74) is 4.04. The predicted octanol–water partition coefficient (Wildman–Crippen LogP) is 6.24. The number of aromatic nitrogens is 1. The van der Waals surface area contributed by atoms with Gasteiger partial charge >= 0.3 is 0 Å². The third-order valence-corrected chi connectivity index (χ3v) is 6.12. The fourth-order valence-corrected chi connectivity index (χ4v) is 4.40. The van der Waals surface area contributed by atoms with Gasteiger partial charge in [-0.05, 0) is 52.3 Å². The van der Waals surface area contributed by atoms with Crippen LogP contribution in [0.1, 0.15) is 11.1 Å². The third-order valence-electron chi connectivity index (χ3n) is 5.71. The number of hydrogen-bond acceptors (Lipinski definition) is 6. The van der Waals surface area contributed by atoms with E-state index in [1.807, 2.05) is 60.7 Å². The standard InChI is InChI=1S/C27H27BrN2O4/c1-31-20-11-9-18(25(13-20)33-3)16-30(17-19-10-12-21(32-2)14-26(19)34-4)24-15-27(28)29-23-8-6-5-7-22(23)24/h5-15H,16-17H2,1-4H3. The number of nitrogens with zero attached hydrogens (tertiary/aromatic N) is 2. The highest BCUT2D eigenvalue weighted by molar-refractivity contribution is 9.10. The van der Waals surface area contributed by atoms with E-state index in [-0.39, 0.29) is 0 Å². The van der Waals surface area contributed by atoms with Crippen molar-refractivity contribution in [3.63, 3.8) is 0 Å². The number of benzene rings is 3. The lowest BCUT2D eigenvalue weighted by Gasteiger charge is -2.28. The fraction of sp³-hybridized carbons (Fsp3) is 0.222. The molecule has 0 spiro atoms. The topological polar surface area (TPSA) is 53.1 Å². The van der Waals surface area contributed by atoms with Crippen molar-refractivity contribution in [1.29, 1.82) is 0 Å². The minimum absolute atomic E-state index is 0.600. The van der Waals surface area contributed by atoms with E-state index in [9.17, 15) is 0 Å². The summed E-state index contributed by atoms with van der Waals surface area (Å²) in [6.45, 7) is 1.20. The van der Waals surface area contributed by atoms with E-state index < -0.39 is 0 Å². The van der Waals surface area contributed by atoms with Crippen LogP contribution in [0.3, 0.4) is 0 Å². The molecule has 0 N–H and O–H groups in total. The van der Waals surface area contributed by atoms with Crippen molar-refractivity contribution in [1.82, 2.24) is 4.98 Å². The van der Waals surface area contributed by atoms with E-state index in [1.165, 1.54) is 0 Å². The van der Waals surface area contributed by atoms with Crippen molar-refractivity contribution < 1.29 is 18.9 Å². The van der Waals surface area contributed by atoms with E-state index in [0.717, 1.165) is 55.3 Å². The van der Waals surface area contributed by atoms with Gasteiger partial charge in [-0.1, -0.05) is 18.2 Å². The van der Waals surface area contributed by atoms with Crippen molar-refractivity contribution in [2.45, 2.75) is 13.1 Å². The number of para-hydroxylation sites is 1. The van der Waals surface area contributed by atoms with Gasteiger partial charge in [-0.2, -0.15) is 0 Å². The van der Waals surface area contributed by atoms with Crippen LogP contribution in [0, 0.1) is 0 Å². The van der Waals surface area contributed by atoms with Gasteiger partial charge in [0.1, 0.15) is 27.6 Å². The Bertz CT molecular complexity index is 1240. The molecule has 3 aromatic carbocycles. The molecule has 0 unspecified atom stereocenters. The molecule has 0 saturated carbocycles. The fourth-order valence-electron chi connectivity index (χ4n) is 3.99. The number of halogens is 1. The van der Waals surface area contributed by atoms with E-state index in [0.29, 0.717) is 13.1 Å². The highest BCUT2D eigenvalue weighted by Gasteiger charge is 2.18. The largest absolute Gasteiger partial charge is 0.497 e. The maximum atomic E-state index is 5.69. The molecule has 0 aliphatic carbocycles. The van der Waals surface area contributed by atoms with E-state index in [4.69, 9.17) is 18.9 Å². The lowest BCUT2D eigenvalue weighted by molar-refractivity contribution is 0.389. The number of rotatable bonds is 9. The van der Waals surface area contributed by atoms with Gasteiger partial charge in [-0.25, -0.2) is 4.98 Å². The zero-order chi connectivity index (χ0) is 24.1. The Morgan fingerprint density at radius 2 is 1.26 bits per heavy atom. The molecule has 0 aliphatic rings. The van der Waals surface area contributed by atoms with Crippen LogP contribution in [0.2, 0.25) is 0 Å². The summed E-state index contributed by atoms with van der Waals surface area (Å²) < 4.78 is 22.9. The SMILES string of the molecule is COc1ccc(CN(Cc2ccc(OC)cc2OC)c2cc(Br)nc3ccccc23)c(OC)c1. The number of anilines is 1. The average molecular weight is 523 g/mol. The van der Waals surface area contributed by atoms with Gasteiger partial charge < -0.3 is 23.8 Å². The second kappa shape index (κ2) is 10.7. The first kappa shape index (κ1) is 23.7. The maximum Gasteiger partial charge on any atom is 0.127 e. The Balaban J connectivity index is 1.83. The lowest BCUT2D eigenvalue weighted by atomic mass is 10.1. The predicted molar refractivity (Wildman–Crippen MR) is 138 cm³/mol. The summed E-state index contributed by atoms with van der Waals surface area (Å²) in [6, 6.07) is 22.0. The number of pyridine rings is 1. The monoisotopic (exact) mass is 522 g/mol. The van der Waals surface area contributed by atoms with Crippen molar-refractivity contribution in [2.24, 2.45) is 0 Å². The highest BCUT2D eigenvalue weighted by Crippen LogP contribution is 2.35. The van der Waals surface area contributed by atoms with Gasteiger partial charge in [0.15, 0.2) is 0 Å². The molecule has 34 heavy (non-hydrogen) atoms. The van der Waals surface area contributed by atoms with E-state index in [2.05, 4.69) is 31.9 Å². The number of hydrogen-bond donors (Lipinski definition) is 0. The Morgan fingerprint density at radius 3 is 1.79 bits per heavy atom. The molecule has 0 aliphatic heterocycles. The zero-order valence-corrected chi connectivity index (χ0v) is 21.3. The molecular weight excluding hydrogens is 496 g/mol. The first-order valence-corrected chi connectivity index (χ1v) is 11.6. The Labute approximate surface area is 208 Å². The van der Waals surface area contributed by atoms with Crippen molar-refractivity contribution in [2.75, 3.05) is 33.3 Å². The summed E-state index contributed by atoms with van der Waals surface area (Å²) in [5.74, 6) is 3.04. The molecule has 0 bridgehead atoms. The Kier molecular flexibility index (Phi) is 7.43. The summed E-state index contributed by atoms with van der Waals surface area (Å²) in [7, 11) is 6.65. The zero-order valence-electron chi connectivity index (χ0n) is 19.7. The molecule has 4 aromatic rings. The van der Waals surface area contributed by atoms with Gasteiger partial charge in [0.2, 0.25) is 0 Å². The minimum atomic E-state index is 0.600. The maximum absolute atomic E-state index is 5.69. The molecule has 7 heteroatoms. The average Bonchev–Trinajstić information content (AvgIpc) is 2.88. The van der Waals surface area contributed by atoms with Crippen molar-refractivity contribution >= 4 is 32.5 Å². The van der Waals surface area contributed by atoms with Crippen LogP contribution in [-0.4, -0.2) is 33.4 Å². The molecule has 4 rings (SSSR count). The van der Waals surface area contributed by atoms with Gasteiger partial charge in [0.25, 0.3) is 0 Å². The van der Waals surface area contributed by atoms with E-state index in [1.54, 1.807) is 28.4 Å². The molecule has 6 nitrogen and oxygen atoms in total. The van der Waals surface area contributed by atoms with Crippen LogP contribution < -0.4 is 23.8 Å². The highest BCUT2D eigenvalue weighted by atomic mass is 79.9. The third kappa shape index (κ3) is 5.04. The molecule has 0 atom stereocenters. The van der Waals surface area contributed by atoms with Gasteiger partial charge in [0.05, 0.1) is 34.0 Å². The van der Waals surface area contributed by atoms with Gasteiger partial charge in [-0.15, -0.1) is 0 Å². The normalized spacial score (nSPS) is 10.7. The first-order chi connectivity index (χ1) is 16.6. The Morgan fingerprint density at radius 1 is 0.706 bits per heavy atom. The molecule has 0 saturated heterocycles. The summed E-state index contributed by atoms with van der Waals surface area (Å²) in [4.78, 5) is 6.95. The van der Waals surface area contributed by atoms with Crippen LogP contribution >= 0.6 is 15.9 Å². The summed E-state index contributed by atoms with van der Waals surface area (Å²) >= 11 is 3.60. The lowest BCUT2D eigenvalue weighted by Crippen LogP contribution is -2.23. The second-order valence-corrected chi connectivity index (χ2v) is 8.51. The van der Waals surface area contributed by atoms with Crippen LogP contribution in [0.4, 0.5) is 5.69 Å². The van der Waals surface area contributed by atoms with E-state index >= 15 is 0 Å². The Hall–Kier alpha value is -3.45. The van der Waals surface area contributed by atoms with Gasteiger partial charge in [-0.3, -0.25) is 0 Å². The molecule has 0 amide bonds. The molecular formula is C27H27BrN2O4. The molecule has 1 aromatic heterocycles. The molecule has 0 radical (unpaired) electrons.